The SMILES string of the molecule is CC(=O)c1cnc(NC(=O)[C@H](CC2CCOCC2)c2ccc(S(=O)(=O)C3CC3)c(C3CC3)c2)cn1. The van der Waals surface area contributed by atoms with E-state index in [9.17, 15) is 18.0 Å². The van der Waals surface area contributed by atoms with Gasteiger partial charge in [-0.25, -0.2) is 18.4 Å². The van der Waals surface area contributed by atoms with Gasteiger partial charge in [0, 0.05) is 20.1 Å². The van der Waals surface area contributed by atoms with Crippen LogP contribution in [0, 0.1) is 5.92 Å². The van der Waals surface area contributed by atoms with E-state index in [1.807, 2.05) is 12.1 Å². The van der Waals surface area contributed by atoms with E-state index >= 15 is 0 Å². The molecule has 186 valence electrons. The third-order valence-corrected chi connectivity index (χ3v) is 9.55. The Kier molecular flexibility index (Phi) is 6.72. The minimum Gasteiger partial charge on any atom is -0.381 e. The minimum atomic E-state index is -3.31. The zero-order chi connectivity index (χ0) is 24.6. The van der Waals surface area contributed by atoms with Crippen LogP contribution in [-0.2, 0) is 19.4 Å². The first-order valence-electron chi connectivity index (χ1n) is 12.4. The van der Waals surface area contributed by atoms with Gasteiger partial charge >= 0.3 is 0 Å². The van der Waals surface area contributed by atoms with Gasteiger partial charge in [-0.2, -0.15) is 0 Å². The van der Waals surface area contributed by atoms with Crippen LogP contribution in [0.2, 0.25) is 0 Å². The summed E-state index contributed by atoms with van der Waals surface area (Å²) in [6.07, 6.45) is 8.58. The molecule has 1 aliphatic heterocycles. The monoisotopic (exact) mass is 497 g/mol. The van der Waals surface area contributed by atoms with Crippen molar-refractivity contribution >= 4 is 27.3 Å². The number of hydrogen-bond acceptors (Lipinski definition) is 7. The highest BCUT2D eigenvalue weighted by atomic mass is 32.2. The zero-order valence-corrected chi connectivity index (χ0v) is 20.7. The predicted octanol–water partition coefficient (Wildman–Crippen LogP) is 4.03. The molecule has 0 unspecified atom stereocenters. The van der Waals surface area contributed by atoms with Gasteiger partial charge in [-0.15, -0.1) is 0 Å². The molecule has 2 aromatic rings. The number of anilines is 1. The van der Waals surface area contributed by atoms with Crippen molar-refractivity contribution in [2.75, 3.05) is 18.5 Å². The van der Waals surface area contributed by atoms with Crippen LogP contribution in [-0.4, -0.2) is 48.5 Å². The van der Waals surface area contributed by atoms with E-state index in [0.717, 1.165) is 49.7 Å². The standard InChI is InChI=1S/C26H31N3O5S/c1-16(30)23-14-28-25(15-27-23)29-26(31)22(12-17-8-10-34-11-9-17)19-4-7-24(21(13-19)18-2-3-18)35(32,33)20-5-6-20/h4,7,13-15,17-18,20,22H,2-3,5-6,8-12H2,1H3,(H,28,29,31)/t22-/m1/s1. The molecule has 2 saturated carbocycles. The van der Waals surface area contributed by atoms with Crippen LogP contribution in [0.4, 0.5) is 5.82 Å². The molecule has 1 saturated heterocycles. The van der Waals surface area contributed by atoms with Crippen molar-refractivity contribution in [3.63, 3.8) is 0 Å². The molecule has 3 fully saturated rings. The summed E-state index contributed by atoms with van der Waals surface area (Å²) in [6.45, 7) is 2.78. The fraction of sp³-hybridized carbons (Fsp3) is 0.538. The topological polar surface area (TPSA) is 115 Å². The Labute approximate surface area is 205 Å². The molecule has 1 N–H and O–H groups in total. The molecule has 35 heavy (non-hydrogen) atoms. The number of sulfone groups is 1. The van der Waals surface area contributed by atoms with E-state index in [-0.39, 0.29) is 34.4 Å². The number of amides is 1. The van der Waals surface area contributed by atoms with Crippen molar-refractivity contribution in [1.29, 1.82) is 0 Å². The maximum Gasteiger partial charge on any atom is 0.233 e. The van der Waals surface area contributed by atoms with Crippen LogP contribution in [0.5, 0.6) is 0 Å². The lowest BCUT2D eigenvalue weighted by Gasteiger charge is -2.27. The summed E-state index contributed by atoms with van der Waals surface area (Å²) in [5.74, 6) is 0.0117. The van der Waals surface area contributed by atoms with E-state index in [2.05, 4.69) is 15.3 Å². The molecule has 5 rings (SSSR count). The van der Waals surface area contributed by atoms with Crippen molar-refractivity contribution in [3.05, 3.63) is 47.4 Å². The molecule has 1 atom stereocenters. The van der Waals surface area contributed by atoms with Gasteiger partial charge in [-0.3, -0.25) is 9.59 Å². The molecular formula is C26H31N3O5S. The summed E-state index contributed by atoms with van der Waals surface area (Å²) in [4.78, 5) is 33.7. The lowest BCUT2D eigenvalue weighted by atomic mass is 9.83. The van der Waals surface area contributed by atoms with E-state index in [4.69, 9.17) is 4.74 Å². The second kappa shape index (κ2) is 9.78. The highest BCUT2D eigenvalue weighted by molar-refractivity contribution is 7.92. The van der Waals surface area contributed by atoms with E-state index in [1.54, 1.807) is 6.07 Å². The van der Waals surface area contributed by atoms with E-state index in [0.29, 0.717) is 30.4 Å². The first-order valence-corrected chi connectivity index (χ1v) is 14.0. The molecule has 1 aromatic heterocycles. The normalized spacial score (nSPS) is 19.8. The van der Waals surface area contributed by atoms with Crippen LogP contribution in [0.1, 0.15) is 85.3 Å². The predicted molar refractivity (Wildman–Crippen MR) is 130 cm³/mol. The fourth-order valence-corrected chi connectivity index (χ4v) is 6.74. The summed E-state index contributed by atoms with van der Waals surface area (Å²) in [7, 11) is -3.31. The molecule has 0 spiro atoms. The molecule has 3 aliphatic rings. The summed E-state index contributed by atoms with van der Waals surface area (Å²) in [5.41, 5.74) is 1.94. The number of carbonyl (C=O) groups is 2. The summed E-state index contributed by atoms with van der Waals surface area (Å²) in [6, 6.07) is 5.50. The average molecular weight is 498 g/mol. The summed E-state index contributed by atoms with van der Waals surface area (Å²) >= 11 is 0. The van der Waals surface area contributed by atoms with Gasteiger partial charge in [0.05, 0.1) is 28.5 Å². The van der Waals surface area contributed by atoms with Crippen molar-refractivity contribution in [3.8, 4) is 0 Å². The Morgan fingerprint density at radius 1 is 1.06 bits per heavy atom. The smallest absolute Gasteiger partial charge is 0.233 e. The summed E-state index contributed by atoms with van der Waals surface area (Å²) in [5, 5.41) is 2.60. The third-order valence-electron chi connectivity index (χ3n) is 7.21. The number of ether oxygens (including phenoxy) is 1. The molecular weight excluding hydrogens is 466 g/mol. The quantitative estimate of drug-likeness (QED) is 0.520. The van der Waals surface area contributed by atoms with E-state index < -0.39 is 15.8 Å². The van der Waals surface area contributed by atoms with Crippen molar-refractivity contribution in [2.24, 2.45) is 5.92 Å². The number of Topliss-reactive ketones (excluding diaryl/α,β-unsaturated/α-hetero) is 1. The molecule has 2 aliphatic carbocycles. The fourth-order valence-electron chi connectivity index (χ4n) is 4.81. The number of nitrogens with one attached hydrogen (secondary N) is 1. The molecule has 0 radical (unpaired) electrons. The van der Waals surface area contributed by atoms with Crippen molar-refractivity contribution in [2.45, 2.75) is 73.9 Å². The van der Waals surface area contributed by atoms with E-state index in [1.165, 1.54) is 19.3 Å². The number of nitrogens with zero attached hydrogens (tertiary/aromatic N) is 2. The largest absolute Gasteiger partial charge is 0.381 e. The maximum atomic E-state index is 13.5. The van der Waals surface area contributed by atoms with Gasteiger partial charge in [0.2, 0.25) is 5.91 Å². The molecule has 1 amide bonds. The Morgan fingerprint density at radius 2 is 1.80 bits per heavy atom. The first-order chi connectivity index (χ1) is 16.8. The van der Waals surface area contributed by atoms with Crippen LogP contribution < -0.4 is 5.32 Å². The first kappa shape index (κ1) is 24.1. The second-order valence-corrected chi connectivity index (χ2v) is 12.2. The zero-order valence-electron chi connectivity index (χ0n) is 19.9. The number of rotatable bonds is 9. The number of aromatic nitrogens is 2. The van der Waals surface area contributed by atoms with Gasteiger partial charge in [-0.05, 0) is 74.0 Å². The molecule has 2 heterocycles. The molecule has 0 bridgehead atoms. The Hall–Kier alpha value is -2.65. The van der Waals surface area contributed by atoms with Crippen LogP contribution in [0.3, 0.4) is 0 Å². The lowest BCUT2D eigenvalue weighted by Crippen LogP contribution is -2.26. The number of ketones is 1. The molecule has 8 nitrogen and oxygen atoms in total. The van der Waals surface area contributed by atoms with Gasteiger partial charge in [0.25, 0.3) is 0 Å². The van der Waals surface area contributed by atoms with Gasteiger partial charge < -0.3 is 10.1 Å². The molecule has 1 aromatic carbocycles. The minimum absolute atomic E-state index is 0.193. The van der Waals surface area contributed by atoms with Crippen molar-refractivity contribution in [1.82, 2.24) is 9.97 Å². The Balaban J connectivity index is 1.44. The van der Waals surface area contributed by atoms with Crippen LogP contribution in [0.15, 0.2) is 35.5 Å². The molecule has 9 heteroatoms. The van der Waals surface area contributed by atoms with Gasteiger partial charge in [0.1, 0.15) is 5.69 Å². The van der Waals surface area contributed by atoms with Crippen LogP contribution >= 0.6 is 0 Å². The highest BCUT2D eigenvalue weighted by Crippen LogP contribution is 2.46. The number of benzene rings is 1. The number of carbonyl (C=O) groups excluding carboxylic acids is 2. The average Bonchev–Trinajstić information content (AvgIpc) is 3.76. The lowest BCUT2D eigenvalue weighted by molar-refractivity contribution is -0.118. The number of hydrogen-bond donors (Lipinski definition) is 1. The Bertz CT molecular complexity index is 1210. The second-order valence-electron chi connectivity index (χ2n) is 9.99. The van der Waals surface area contributed by atoms with Gasteiger partial charge in [0.15, 0.2) is 21.4 Å². The maximum absolute atomic E-state index is 13.5. The Morgan fingerprint density at radius 3 is 2.40 bits per heavy atom. The van der Waals surface area contributed by atoms with Crippen LogP contribution in [0.25, 0.3) is 0 Å². The third kappa shape index (κ3) is 5.46. The van der Waals surface area contributed by atoms with Gasteiger partial charge in [-0.1, -0.05) is 12.1 Å². The highest BCUT2D eigenvalue weighted by Gasteiger charge is 2.41. The summed E-state index contributed by atoms with van der Waals surface area (Å²) < 4.78 is 31.6. The van der Waals surface area contributed by atoms with Crippen molar-refractivity contribution < 1.29 is 22.7 Å².